The molecule has 0 saturated heterocycles. The topological polar surface area (TPSA) is 208 Å². The van der Waals surface area contributed by atoms with Crippen LogP contribution < -0.4 is 21.3 Å². The Morgan fingerprint density at radius 2 is 1.16 bits per heavy atom. The second kappa shape index (κ2) is 39.3. The van der Waals surface area contributed by atoms with Crippen molar-refractivity contribution in [1.29, 1.82) is 0 Å². The lowest BCUT2D eigenvalue weighted by molar-refractivity contribution is -0.130. The number of phosphoric ester groups is 1. The number of amides is 4. The number of unbranched alkanes of at least 4 members (excludes halogenated alkanes) is 23. The summed E-state index contributed by atoms with van der Waals surface area (Å²) in [7, 11) is -4.73. The molecule has 2 aromatic rings. The molecule has 0 saturated carbocycles. The molecule has 14 nitrogen and oxygen atoms in total. The molecule has 0 spiro atoms. The Hall–Kier alpha value is -3.29. The zero-order valence-corrected chi connectivity index (χ0v) is 44.3. The number of aliphatic hydroxyl groups is 1. The van der Waals surface area contributed by atoms with Crippen LogP contribution in [-0.4, -0.2) is 83.1 Å². The van der Waals surface area contributed by atoms with Gasteiger partial charge < -0.3 is 36.3 Å². The maximum atomic E-state index is 13.3. The number of para-hydroxylation sites is 1. The monoisotopic (exact) mass is 990 g/mol. The summed E-state index contributed by atoms with van der Waals surface area (Å²) in [5.41, 5.74) is 1.63. The van der Waals surface area contributed by atoms with Crippen molar-refractivity contribution in [3.8, 4) is 0 Å². The lowest BCUT2D eigenvalue weighted by atomic mass is 9.98. The average Bonchev–Trinajstić information content (AvgIpc) is 3.74. The normalized spacial score (nSPS) is 14.2. The van der Waals surface area contributed by atoms with Crippen LogP contribution in [0, 0.1) is 5.92 Å². The predicted octanol–water partition coefficient (Wildman–Crippen LogP) is 11.4. The van der Waals surface area contributed by atoms with Gasteiger partial charge in [0.25, 0.3) is 0 Å². The van der Waals surface area contributed by atoms with Crippen LogP contribution in [0.3, 0.4) is 0 Å². The predicted molar refractivity (Wildman–Crippen MR) is 280 cm³/mol. The molecule has 1 aromatic carbocycles. The van der Waals surface area contributed by atoms with E-state index in [0.29, 0.717) is 25.7 Å². The van der Waals surface area contributed by atoms with Crippen LogP contribution in [0.1, 0.15) is 220 Å². The van der Waals surface area contributed by atoms with Gasteiger partial charge in [-0.1, -0.05) is 206 Å². The van der Waals surface area contributed by atoms with Crippen molar-refractivity contribution < 1.29 is 42.8 Å². The number of hydrogen-bond acceptors (Lipinski definition) is 8. The van der Waals surface area contributed by atoms with Gasteiger partial charge in [-0.2, -0.15) is 0 Å². The molecule has 5 atom stereocenters. The third kappa shape index (κ3) is 30.9. The SMILES string of the molecule is CCCCCCCCCCCCCCCCCCCC(=O)N[C@@H](COP(=O)(O)OCCNC(=O)[C@@H](NC(=O)Cc1cc2ccccc2[nH]1)[C@@H](C)CC)C(=O)NCCC(O)CCCCCCCCCC. The number of aromatic amines is 1. The number of rotatable bonds is 45. The van der Waals surface area contributed by atoms with Crippen molar-refractivity contribution in [2.45, 2.75) is 239 Å². The molecule has 2 rings (SSSR count). The number of carbonyl (C=O) groups excluding carboxylic acids is 4. The number of aliphatic hydroxyl groups excluding tert-OH is 1. The molecule has 69 heavy (non-hydrogen) atoms. The van der Waals surface area contributed by atoms with Gasteiger partial charge in [0.1, 0.15) is 12.1 Å². The van der Waals surface area contributed by atoms with E-state index in [2.05, 4.69) is 40.1 Å². The molecule has 0 radical (unpaired) electrons. The molecule has 0 fully saturated rings. The summed E-state index contributed by atoms with van der Waals surface area (Å²) in [6.07, 6.45) is 31.5. The highest BCUT2D eigenvalue weighted by Crippen LogP contribution is 2.43. The molecule has 1 heterocycles. The van der Waals surface area contributed by atoms with Gasteiger partial charge in [-0.05, 0) is 42.7 Å². The van der Waals surface area contributed by atoms with Gasteiger partial charge in [-0.3, -0.25) is 28.2 Å². The minimum absolute atomic E-state index is 0.0589. The second-order valence-corrected chi connectivity index (χ2v) is 20.9. The summed E-state index contributed by atoms with van der Waals surface area (Å²) < 4.78 is 23.3. The molecule has 0 aliphatic rings. The fraction of sp³-hybridized carbons (Fsp3) is 0.778. The van der Waals surface area contributed by atoms with E-state index in [1.807, 2.05) is 44.2 Å². The Morgan fingerprint density at radius 1 is 0.638 bits per heavy atom. The van der Waals surface area contributed by atoms with E-state index >= 15 is 0 Å². The Labute approximate surface area is 416 Å². The highest BCUT2D eigenvalue weighted by Gasteiger charge is 2.29. The van der Waals surface area contributed by atoms with Gasteiger partial charge >= 0.3 is 7.82 Å². The fourth-order valence-electron chi connectivity index (χ4n) is 8.58. The third-order valence-corrected chi connectivity index (χ3v) is 14.1. The lowest BCUT2D eigenvalue weighted by Crippen LogP contribution is -2.51. The summed E-state index contributed by atoms with van der Waals surface area (Å²) in [5.74, 6) is -1.95. The second-order valence-electron chi connectivity index (χ2n) is 19.4. The maximum Gasteiger partial charge on any atom is 0.472 e. The maximum absolute atomic E-state index is 13.3. The highest BCUT2D eigenvalue weighted by molar-refractivity contribution is 7.47. The van der Waals surface area contributed by atoms with E-state index in [0.717, 1.165) is 55.1 Å². The number of hydrogen-bond donors (Lipinski definition) is 7. The Bertz CT molecular complexity index is 1680. The number of H-pyrrole nitrogens is 1. The van der Waals surface area contributed by atoms with Gasteiger partial charge in [0.2, 0.25) is 23.6 Å². The molecule has 1 aromatic heterocycles. The van der Waals surface area contributed by atoms with Gasteiger partial charge in [0, 0.05) is 30.7 Å². The molecule has 2 unspecified atom stereocenters. The number of phosphoric acid groups is 1. The molecule has 0 aliphatic carbocycles. The van der Waals surface area contributed by atoms with Gasteiger partial charge in [-0.15, -0.1) is 0 Å². The van der Waals surface area contributed by atoms with E-state index < -0.39 is 51.0 Å². The molecule has 7 N–H and O–H groups in total. The summed E-state index contributed by atoms with van der Waals surface area (Å²) >= 11 is 0. The van der Waals surface area contributed by atoms with Crippen molar-refractivity contribution in [2.75, 3.05) is 26.3 Å². The zero-order valence-electron chi connectivity index (χ0n) is 43.4. The number of benzene rings is 1. The average molecular weight is 990 g/mol. The van der Waals surface area contributed by atoms with Crippen molar-refractivity contribution in [3.63, 3.8) is 0 Å². The minimum Gasteiger partial charge on any atom is -0.393 e. The zero-order chi connectivity index (χ0) is 50.4. The van der Waals surface area contributed by atoms with Crippen LogP contribution in [0.4, 0.5) is 0 Å². The van der Waals surface area contributed by atoms with E-state index in [1.54, 1.807) is 0 Å². The molecule has 396 valence electrons. The van der Waals surface area contributed by atoms with E-state index in [9.17, 15) is 33.7 Å². The Morgan fingerprint density at radius 3 is 1.71 bits per heavy atom. The van der Waals surface area contributed by atoms with Crippen molar-refractivity contribution in [2.24, 2.45) is 5.92 Å². The van der Waals surface area contributed by atoms with Crippen LogP contribution in [0.15, 0.2) is 30.3 Å². The number of aromatic nitrogens is 1. The number of fused-ring (bicyclic) bond motifs is 1. The summed E-state index contributed by atoms with van der Waals surface area (Å²) in [4.78, 5) is 66.4. The fourth-order valence-corrected chi connectivity index (χ4v) is 9.32. The van der Waals surface area contributed by atoms with Crippen LogP contribution in [0.5, 0.6) is 0 Å². The van der Waals surface area contributed by atoms with E-state index in [4.69, 9.17) is 9.05 Å². The van der Waals surface area contributed by atoms with Crippen LogP contribution in [-0.2, 0) is 39.2 Å². The largest absolute Gasteiger partial charge is 0.472 e. The first kappa shape index (κ1) is 61.8. The number of carbonyl (C=O) groups is 4. The first-order chi connectivity index (χ1) is 33.4. The Balaban J connectivity index is 1.79. The lowest BCUT2D eigenvalue weighted by Gasteiger charge is -2.24. The van der Waals surface area contributed by atoms with Crippen molar-refractivity contribution >= 4 is 42.4 Å². The van der Waals surface area contributed by atoms with Gasteiger partial charge in [0.15, 0.2) is 0 Å². The highest BCUT2D eigenvalue weighted by atomic mass is 31.2. The first-order valence-electron chi connectivity index (χ1n) is 27.4. The summed E-state index contributed by atoms with van der Waals surface area (Å²) in [5, 5.41) is 22.5. The van der Waals surface area contributed by atoms with Crippen LogP contribution >= 0.6 is 7.82 Å². The van der Waals surface area contributed by atoms with Gasteiger partial charge in [-0.25, -0.2) is 4.57 Å². The summed E-state index contributed by atoms with van der Waals surface area (Å²) in [6.45, 7) is 7.22. The molecular weight excluding hydrogens is 894 g/mol. The van der Waals surface area contributed by atoms with Crippen LogP contribution in [0.25, 0.3) is 10.9 Å². The smallest absolute Gasteiger partial charge is 0.393 e. The van der Waals surface area contributed by atoms with Crippen molar-refractivity contribution in [3.05, 3.63) is 36.0 Å². The quantitative estimate of drug-likeness (QED) is 0.0248. The van der Waals surface area contributed by atoms with Crippen molar-refractivity contribution in [1.82, 2.24) is 26.3 Å². The summed E-state index contributed by atoms with van der Waals surface area (Å²) in [6, 6.07) is 7.48. The number of nitrogens with one attached hydrogen (secondary N) is 5. The van der Waals surface area contributed by atoms with E-state index in [1.165, 1.54) is 116 Å². The van der Waals surface area contributed by atoms with Gasteiger partial charge in [0.05, 0.1) is 25.7 Å². The molecule has 4 amide bonds. The molecule has 0 bridgehead atoms. The third-order valence-electron chi connectivity index (χ3n) is 13.1. The first-order valence-corrected chi connectivity index (χ1v) is 28.9. The molecule has 15 heteroatoms. The molecule has 0 aliphatic heterocycles. The van der Waals surface area contributed by atoms with Crippen LogP contribution in [0.2, 0.25) is 0 Å². The molecular formula is C54H96N5O9P. The van der Waals surface area contributed by atoms with E-state index in [-0.39, 0.29) is 43.7 Å². The Kier molecular flexibility index (Phi) is 35.3. The minimum atomic E-state index is -4.73. The standard InChI is InChI=1S/C54H96N5O9P/c1-5-8-10-12-14-16-17-18-19-20-21-22-23-24-26-28-30-36-50(61)58-49(53(63)55-38-37-47(60)34-29-27-25-15-13-11-9-6-2)43-68-69(65,66)67-40-39-56-54(64)52(44(4)7-3)59-51(62)42-46-41-45-33-31-32-35-48(45)57-46/h31-33,35,41,44,47,49,52,57,60H,5-30,34,36-40,42-43H2,1-4H3,(H,55,63)(H,56,64)(H,58,61)(H,59,62)(H,65,66)/t44-,47?,49-,52-/m0/s1.